The molecule has 0 saturated heterocycles. The van der Waals surface area contributed by atoms with Crippen LogP contribution in [0.15, 0.2) is 23.5 Å². The second-order valence-corrected chi connectivity index (χ2v) is 9.01. The molecule has 0 spiro atoms. The van der Waals surface area contributed by atoms with Gasteiger partial charge in [0.05, 0.1) is 18.4 Å². The summed E-state index contributed by atoms with van der Waals surface area (Å²) in [5, 5.41) is 11.4. The van der Waals surface area contributed by atoms with E-state index in [0.717, 1.165) is 30.5 Å². The molecule has 1 atom stereocenters. The minimum Gasteiger partial charge on any atom is -0.282 e. The summed E-state index contributed by atoms with van der Waals surface area (Å²) in [5.74, 6) is 0.242. The third-order valence-electron chi connectivity index (χ3n) is 5.14. The quantitative estimate of drug-likeness (QED) is 0.920. The zero-order chi connectivity index (χ0) is 16.7. The molecule has 4 rings (SSSR count). The number of aromatic amines is 1. The Hall–Kier alpha value is -1.67. The standard InChI is InChI=1S/C16H23N5O2S/c1-12-6-16-13(7-17-19-16)10-20(9-12)24(22,23)15-8-18-21(11-15)14-4-2-3-5-14/h7-8,11-12,14H,2-6,9-10H2,1H3,(H,17,19). The van der Waals surface area contributed by atoms with Crippen LogP contribution >= 0.6 is 0 Å². The number of fused-ring (bicyclic) bond motifs is 1. The normalized spacial score (nSPS) is 23.3. The van der Waals surface area contributed by atoms with Gasteiger partial charge in [-0.1, -0.05) is 19.8 Å². The van der Waals surface area contributed by atoms with E-state index in [2.05, 4.69) is 22.2 Å². The van der Waals surface area contributed by atoms with Gasteiger partial charge in [0.15, 0.2) is 0 Å². The van der Waals surface area contributed by atoms with Crippen LogP contribution in [0.1, 0.15) is 49.9 Å². The van der Waals surface area contributed by atoms with Crippen molar-refractivity contribution in [1.29, 1.82) is 0 Å². The monoisotopic (exact) mass is 349 g/mol. The van der Waals surface area contributed by atoms with E-state index >= 15 is 0 Å². The molecular formula is C16H23N5O2S. The molecule has 1 unspecified atom stereocenters. The van der Waals surface area contributed by atoms with E-state index in [4.69, 9.17) is 0 Å². The Morgan fingerprint density at radius 2 is 2.04 bits per heavy atom. The maximum Gasteiger partial charge on any atom is 0.246 e. The predicted molar refractivity (Wildman–Crippen MR) is 88.8 cm³/mol. The highest BCUT2D eigenvalue weighted by atomic mass is 32.2. The summed E-state index contributed by atoms with van der Waals surface area (Å²) in [6, 6.07) is 0.345. The molecule has 0 amide bonds. The van der Waals surface area contributed by atoms with Crippen LogP contribution in [0.3, 0.4) is 0 Å². The summed E-state index contributed by atoms with van der Waals surface area (Å²) in [4.78, 5) is 0.300. The summed E-state index contributed by atoms with van der Waals surface area (Å²) in [6.07, 6.45) is 10.3. The number of hydrogen-bond donors (Lipinski definition) is 1. The average molecular weight is 349 g/mol. The molecule has 0 aromatic carbocycles. The molecule has 1 aliphatic carbocycles. The fourth-order valence-electron chi connectivity index (χ4n) is 3.82. The Morgan fingerprint density at radius 1 is 1.25 bits per heavy atom. The Bertz CT molecular complexity index is 819. The van der Waals surface area contributed by atoms with Gasteiger partial charge in [0.25, 0.3) is 0 Å². The van der Waals surface area contributed by atoms with Crippen LogP contribution in [-0.4, -0.2) is 39.2 Å². The first-order valence-electron chi connectivity index (χ1n) is 8.59. The van der Waals surface area contributed by atoms with E-state index in [1.165, 1.54) is 19.0 Å². The molecule has 1 saturated carbocycles. The summed E-state index contributed by atoms with van der Waals surface area (Å²) in [7, 11) is -3.54. The number of nitrogens with zero attached hydrogens (tertiary/aromatic N) is 4. The van der Waals surface area contributed by atoms with Crippen LogP contribution in [0.2, 0.25) is 0 Å². The third kappa shape index (κ3) is 2.77. The van der Waals surface area contributed by atoms with Crippen molar-refractivity contribution in [3.63, 3.8) is 0 Å². The third-order valence-corrected chi connectivity index (χ3v) is 6.90. The molecular weight excluding hydrogens is 326 g/mol. The molecule has 0 bridgehead atoms. The van der Waals surface area contributed by atoms with Gasteiger partial charge in [-0.25, -0.2) is 8.42 Å². The number of sulfonamides is 1. The van der Waals surface area contributed by atoms with Crippen molar-refractivity contribution in [3.8, 4) is 0 Å². The first-order chi connectivity index (χ1) is 11.5. The molecule has 1 aliphatic heterocycles. The van der Waals surface area contributed by atoms with E-state index in [1.807, 2.05) is 4.68 Å². The maximum absolute atomic E-state index is 13.1. The van der Waals surface area contributed by atoms with Crippen LogP contribution in [0.4, 0.5) is 0 Å². The van der Waals surface area contributed by atoms with Crippen LogP contribution in [0.25, 0.3) is 0 Å². The lowest BCUT2D eigenvalue weighted by Gasteiger charge is -2.21. The molecule has 3 heterocycles. The highest BCUT2D eigenvalue weighted by Crippen LogP contribution is 2.30. The zero-order valence-corrected chi connectivity index (χ0v) is 14.7. The molecule has 0 radical (unpaired) electrons. The highest BCUT2D eigenvalue weighted by molar-refractivity contribution is 7.89. The van der Waals surface area contributed by atoms with Gasteiger partial charge in [0.2, 0.25) is 10.0 Å². The van der Waals surface area contributed by atoms with Crippen molar-refractivity contribution >= 4 is 10.0 Å². The van der Waals surface area contributed by atoms with Crippen molar-refractivity contribution < 1.29 is 8.42 Å². The van der Waals surface area contributed by atoms with E-state index in [1.54, 1.807) is 16.7 Å². The summed E-state index contributed by atoms with van der Waals surface area (Å²) in [6.45, 7) is 2.95. The lowest BCUT2D eigenvalue weighted by Crippen LogP contribution is -2.33. The Labute approximate surface area is 142 Å². The van der Waals surface area contributed by atoms with E-state index in [-0.39, 0.29) is 5.92 Å². The zero-order valence-electron chi connectivity index (χ0n) is 13.9. The number of aromatic nitrogens is 4. The first-order valence-corrected chi connectivity index (χ1v) is 10.0. The van der Waals surface area contributed by atoms with E-state index < -0.39 is 10.0 Å². The average Bonchev–Trinajstić information content (AvgIpc) is 3.26. The molecule has 1 N–H and O–H groups in total. The van der Waals surface area contributed by atoms with E-state index in [9.17, 15) is 8.42 Å². The molecule has 2 aromatic rings. The fraction of sp³-hybridized carbons (Fsp3) is 0.625. The Balaban J connectivity index is 1.62. The van der Waals surface area contributed by atoms with Crippen LogP contribution in [-0.2, 0) is 23.0 Å². The van der Waals surface area contributed by atoms with Crippen molar-refractivity contribution in [2.75, 3.05) is 6.54 Å². The van der Waals surface area contributed by atoms with Gasteiger partial charge in [0, 0.05) is 30.5 Å². The van der Waals surface area contributed by atoms with Crippen LogP contribution in [0, 0.1) is 5.92 Å². The predicted octanol–water partition coefficient (Wildman–Crippen LogP) is 2.10. The summed E-state index contributed by atoms with van der Waals surface area (Å²) in [5.41, 5.74) is 2.01. The van der Waals surface area contributed by atoms with E-state index in [0.29, 0.717) is 24.0 Å². The topological polar surface area (TPSA) is 83.9 Å². The number of H-pyrrole nitrogens is 1. The van der Waals surface area contributed by atoms with Gasteiger partial charge >= 0.3 is 0 Å². The smallest absolute Gasteiger partial charge is 0.246 e. The number of rotatable bonds is 3. The lowest BCUT2D eigenvalue weighted by molar-refractivity contribution is 0.361. The minimum absolute atomic E-state index is 0.242. The molecule has 7 nitrogen and oxygen atoms in total. The van der Waals surface area contributed by atoms with Gasteiger partial charge in [-0.05, 0) is 25.2 Å². The van der Waals surface area contributed by atoms with Crippen LogP contribution < -0.4 is 0 Å². The number of hydrogen-bond acceptors (Lipinski definition) is 4. The van der Waals surface area contributed by atoms with Crippen LogP contribution in [0.5, 0.6) is 0 Å². The van der Waals surface area contributed by atoms with Gasteiger partial charge in [-0.3, -0.25) is 9.78 Å². The molecule has 1 fully saturated rings. The second-order valence-electron chi connectivity index (χ2n) is 7.07. The van der Waals surface area contributed by atoms with Gasteiger partial charge < -0.3 is 0 Å². The van der Waals surface area contributed by atoms with Gasteiger partial charge in [-0.15, -0.1) is 0 Å². The van der Waals surface area contributed by atoms with Crippen molar-refractivity contribution in [1.82, 2.24) is 24.3 Å². The second kappa shape index (κ2) is 6.00. The SMILES string of the molecule is CC1Cc2[nH]ncc2CN(S(=O)(=O)c2cnn(C3CCCC3)c2)C1. The number of nitrogens with one attached hydrogen (secondary N) is 1. The Morgan fingerprint density at radius 3 is 2.83 bits per heavy atom. The van der Waals surface area contributed by atoms with Crippen molar-refractivity contribution in [3.05, 3.63) is 29.8 Å². The maximum atomic E-state index is 13.1. The van der Waals surface area contributed by atoms with Crippen molar-refractivity contribution in [2.45, 2.75) is 56.5 Å². The lowest BCUT2D eigenvalue weighted by atomic mass is 10.1. The molecule has 130 valence electrons. The Kier molecular flexibility index (Phi) is 3.96. The molecule has 2 aliphatic rings. The fourth-order valence-corrected chi connectivity index (χ4v) is 5.30. The van der Waals surface area contributed by atoms with Gasteiger partial charge in [0.1, 0.15) is 4.90 Å². The summed E-state index contributed by atoms with van der Waals surface area (Å²) >= 11 is 0. The molecule has 8 heteroatoms. The first kappa shape index (κ1) is 15.8. The molecule has 2 aromatic heterocycles. The summed E-state index contributed by atoms with van der Waals surface area (Å²) < 4.78 is 29.6. The van der Waals surface area contributed by atoms with Gasteiger partial charge in [-0.2, -0.15) is 14.5 Å². The minimum atomic E-state index is -3.54. The van der Waals surface area contributed by atoms with Crippen molar-refractivity contribution in [2.24, 2.45) is 5.92 Å². The highest BCUT2D eigenvalue weighted by Gasteiger charge is 2.32. The largest absolute Gasteiger partial charge is 0.282 e. The molecule has 24 heavy (non-hydrogen) atoms.